The van der Waals surface area contributed by atoms with Crippen LogP contribution in [-0.2, 0) is 0 Å². The highest BCUT2D eigenvalue weighted by atomic mass is 27.1. The van der Waals surface area contributed by atoms with Gasteiger partial charge in [0.15, 0.2) is 0 Å². The predicted octanol–water partition coefficient (Wildman–Crippen LogP) is 0.477. The van der Waals surface area contributed by atoms with Crippen molar-refractivity contribution >= 4 is 16.6 Å². The fourth-order valence-corrected chi connectivity index (χ4v) is 0.884. The van der Waals surface area contributed by atoms with E-state index in [1.165, 1.54) is 32.1 Å². The fourth-order valence-electron chi connectivity index (χ4n) is 0.884. The van der Waals surface area contributed by atoms with Gasteiger partial charge in [0.2, 0.25) is 0 Å². The van der Waals surface area contributed by atoms with Gasteiger partial charge in [-0.05, 0) is 0 Å². The third-order valence-corrected chi connectivity index (χ3v) is 1.25. The van der Waals surface area contributed by atoms with Gasteiger partial charge < -0.3 is 4.16 Å². The Labute approximate surface area is 53.5 Å². The number of hydrogen-bond acceptors (Lipinski definition) is 1. The summed E-state index contributed by atoms with van der Waals surface area (Å²) < 4.78 is 7.14. The zero-order valence-electron chi connectivity index (χ0n) is 4.98. The van der Waals surface area contributed by atoms with E-state index in [2.05, 4.69) is 0 Å². The third kappa shape index (κ3) is 4.34. The Morgan fingerprint density at radius 3 is 1.00 bits per heavy atom. The first-order valence-electron chi connectivity index (χ1n) is 2.95. The van der Waals surface area contributed by atoms with Crippen LogP contribution in [0.1, 0.15) is 32.1 Å². The molecule has 0 radical (unpaired) electrons. The summed E-state index contributed by atoms with van der Waals surface area (Å²) in [5.41, 5.74) is 0. The predicted molar refractivity (Wildman–Crippen MR) is 33.8 cm³/mol. The van der Waals surface area contributed by atoms with Crippen molar-refractivity contribution in [1.29, 1.82) is 0 Å². The van der Waals surface area contributed by atoms with Crippen molar-refractivity contribution in [3.05, 3.63) is 0 Å². The minimum atomic E-state index is 0.306. The molecule has 2 heteroatoms. The van der Waals surface area contributed by atoms with E-state index in [-0.39, 0.29) is 0 Å². The summed E-state index contributed by atoms with van der Waals surface area (Å²) >= 11 is 0.306. The van der Waals surface area contributed by atoms with Crippen LogP contribution in [0.15, 0.2) is 0 Å². The summed E-state index contributed by atoms with van der Waals surface area (Å²) in [6.45, 7) is 0. The van der Waals surface area contributed by atoms with Crippen LogP contribution >= 0.6 is 0 Å². The molecule has 0 bridgehead atoms. The molecule has 1 fully saturated rings. The molecule has 1 N–H and O–H groups in total. The monoisotopic (exact) mass is 116 g/mol. The Bertz CT molecular complexity index is 19.7. The maximum atomic E-state index is 7.14. The van der Waals surface area contributed by atoms with Crippen LogP contribution in [0.2, 0.25) is 0 Å². The molecule has 0 amide bonds. The SMILES string of the molecule is C1CCCC1.[OH][AlH2]. The molecule has 0 atom stereocenters. The summed E-state index contributed by atoms with van der Waals surface area (Å²) in [5.74, 6) is 0. The van der Waals surface area contributed by atoms with Gasteiger partial charge in [0.1, 0.15) is 0 Å². The van der Waals surface area contributed by atoms with Crippen molar-refractivity contribution in [3.8, 4) is 0 Å². The molecule has 7 heavy (non-hydrogen) atoms. The first-order valence-corrected chi connectivity index (χ1v) is 3.84. The third-order valence-electron chi connectivity index (χ3n) is 1.25. The Morgan fingerprint density at radius 1 is 0.714 bits per heavy atom. The molecule has 0 aromatic carbocycles. The summed E-state index contributed by atoms with van der Waals surface area (Å²) in [5, 5.41) is 0. The molecule has 1 rings (SSSR count). The van der Waals surface area contributed by atoms with Crippen molar-refractivity contribution in [1.82, 2.24) is 0 Å². The van der Waals surface area contributed by atoms with E-state index in [1.807, 2.05) is 0 Å². The maximum Gasteiger partial charge on any atom is 0.407 e. The minimum absolute atomic E-state index is 0.306. The molecule has 1 saturated carbocycles. The van der Waals surface area contributed by atoms with Crippen LogP contribution < -0.4 is 0 Å². The minimum Gasteiger partial charge on any atom is -0.521 e. The topological polar surface area (TPSA) is 20.2 Å². The Balaban J connectivity index is 0.000000162. The second-order valence-electron chi connectivity index (χ2n) is 1.77. The van der Waals surface area contributed by atoms with Crippen molar-refractivity contribution < 1.29 is 4.16 Å². The smallest absolute Gasteiger partial charge is 0.407 e. The van der Waals surface area contributed by atoms with E-state index in [4.69, 9.17) is 4.16 Å². The fraction of sp³-hybridized carbons (Fsp3) is 1.00. The van der Waals surface area contributed by atoms with Crippen LogP contribution in [0, 0.1) is 0 Å². The number of rotatable bonds is 0. The standard InChI is InChI=1S/C5H10.Al.H2O.2H/c1-2-4-5-3-1;;;;/h1-5H2;;1H2;;/q;+1;;;/p-1. The van der Waals surface area contributed by atoms with Gasteiger partial charge in [0, 0.05) is 0 Å². The maximum absolute atomic E-state index is 7.14. The van der Waals surface area contributed by atoms with Gasteiger partial charge in [0.05, 0.1) is 0 Å². The van der Waals surface area contributed by atoms with Gasteiger partial charge >= 0.3 is 16.6 Å². The molecule has 0 saturated heterocycles. The summed E-state index contributed by atoms with van der Waals surface area (Å²) in [7, 11) is 0. The molecule has 0 heterocycles. The molecular weight excluding hydrogens is 103 g/mol. The summed E-state index contributed by atoms with van der Waals surface area (Å²) in [6.07, 6.45) is 7.50. The van der Waals surface area contributed by atoms with Crippen LogP contribution in [-0.4, -0.2) is 20.8 Å². The largest absolute Gasteiger partial charge is 0.521 e. The van der Waals surface area contributed by atoms with Crippen LogP contribution in [0.3, 0.4) is 0 Å². The molecule has 0 aromatic rings. The highest BCUT2D eigenvalue weighted by Gasteiger charge is 1.95. The lowest BCUT2D eigenvalue weighted by Crippen LogP contribution is -1.47. The first kappa shape index (κ1) is 7.49. The van der Waals surface area contributed by atoms with E-state index in [1.54, 1.807) is 0 Å². The molecule has 1 nitrogen and oxygen atoms in total. The van der Waals surface area contributed by atoms with Crippen LogP contribution in [0.5, 0.6) is 0 Å². The quantitative estimate of drug-likeness (QED) is 0.456. The second kappa shape index (κ2) is 6.49. The molecule has 1 aliphatic rings. The Morgan fingerprint density at radius 2 is 0.857 bits per heavy atom. The lowest BCUT2D eigenvalue weighted by Gasteiger charge is -1.67. The van der Waals surface area contributed by atoms with E-state index >= 15 is 0 Å². The highest BCUT2D eigenvalue weighted by Crippen LogP contribution is 2.15. The zero-order valence-corrected chi connectivity index (χ0v) is 6.98. The van der Waals surface area contributed by atoms with Gasteiger partial charge in [-0.3, -0.25) is 0 Å². The van der Waals surface area contributed by atoms with Crippen molar-refractivity contribution in [2.24, 2.45) is 0 Å². The first-order chi connectivity index (χ1) is 3.50. The molecule has 1 aliphatic carbocycles. The lowest BCUT2D eigenvalue weighted by atomic mass is 10.4. The van der Waals surface area contributed by atoms with Gasteiger partial charge in [-0.15, -0.1) is 0 Å². The molecule has 0 aromatic heterocycles. The zero-order chi connectivity index (χ0) is 5.54. The average Bonchev–Trinajstić information content (AvgIpc) is 2.23. The van der Waals surface area contributed by atoms with Crippen molar-refractivity contribution in [2.45, 2.75) is 32.1 Å². The number of hydrogen-bond donors (Lipinski definition) is 1. The van der Waals surface area contributed by atoms with E-state index in [0.717, 1.165) is 0 Å². The van der Waals surface area contributed by atoms with E-state index in [9.17, 15) is 0 Å². The molecule has 0 aliphatic heterocycles. The van der Waals surface area contributed by atoms with Gasteiger partial charge in [-0.1, -0.05) is 32.1 Å². The molecular formula is C5H13AlO. The molecule has 42 valence electrons. The Kier molecular flexibility index (Phi) is 6.95. The normalized spacial score (nSPS) is 17.9. The van der Waals surface area contributed by atoms with Crippen LogP contribution in [0.25, 0.3) is 0 Å². The second-order valence-corrected chi connectivity index (χ2v) is 1.77. The van der Waals surface area contributed by atoms with Crippen molar-refractivity contribution in [3.63, 3.8) is 0 Å². The summed E-state index contributed by atoms with van der Waals surface area (Å²) in [4.78, 5) is 0. The van der Waals surface area contributed by atoms with E-state index < -0.39 is 0 Å². The summed E-state index contributed by atoms with van der Waals surface area (Å²) in [6, 6.07) is 0. The van der Waals surface area contributed by atoms with Gasteiger partial charge in [0.25, 0.3) is 0 Å². The molecule has 0 spiro atoms. The van der Waals surface area contributed by atoms with Gasteiger partial charge in [-0.2, -0.15) is 0 Å². The van der Waals surface area contributed by atoms with Gasteiger partial charge in [-0.25, -0.2) is 0 Å². The highest BCUT2D eigenvalue weighted by molar-refractivity contribution is 5.95. The Hall–Kier alpha value is 0.492. The average molecular weight is 116 g/mol. The van der Waals surface area contributed by atoms with Crippen LogP contribution in [0.4, 0.5) is 0 Å². The van der Waals surface area contributed by atoms with E-state index in [0.29, 0.717) is 16.6 Å². The van der Waals surface area contributed by atoms with Crippen molar-refractivity contribution in [2.75, 3.05) is 0 Å². The molecule has 0 unspecified atom stereocenters. The lowest BCUT2D eigenvalue weighted by molar-refractivity contribution is 0.629.